The highest BCUT2D eigenvalue weighted by Gasteiger charge is 2.05. The Morgan fingerprint density at radius 3 is 3.06 bits per heavy atom. The third-order valence-electron chi connectivity index (χ3n) is 2.67. The SMILES string of the molecule is CNCc1ccncc1OCCc1scnc1C. The van der Waals surface area contributed by atoms with E-state index in [1.165, 1.54) is 4.88 Å². The minimum absolute atomic E-state index is 0.658. The molecular formula is C13H17N3OS. The number of nitrogens with zero attached hydrogens (tertiary/aromatic N) is 2. The molecule has 5 heteroatoms. The number of ether oxygens (including phenoxy) is 1. The standard InChI is InChI=1S/C13H17N3OS/c1-10-13(18-9-16-10)4-6-17-12-8-15-5-3-11(12)7-14-2/h3,5,8-9,14H,4,6-7H2,1-2H3. The van der Waals surface area contributed by atoms with E-state index in [0.717, 1.165) is 30.0 Å². The van der Waals surface area contributed by atoms with E-state index in [-0.39, 0.29) is 0 Å². The van der Waals surface area contributed by atoms with Crippen molar-refractivity contribution >= 4 is 11.3 Å². The molecule has 0 atom stereocenters. The normalized spacial score (nSPS) is 10.6. The van der Waals surface area contributed by atoms with E-state index >= 15 is 0 Å². The van der Waals surface area contributed by atoms with Gasteiger partial charge in [0.15, 0.2) is 0 Å². The number of aryl methyl sites for hydroxylation is 1. The van der Waals surface area contributed by atoms with Gasteiger partial charge >= 0.3 is 0 Å². The van der Waals surface area contributed by atoms with Crippen LogP contribution in [0.3, 0.4) is 0 Å². The molecule has 2 heterocycles. The fourth-order valence-electron chi connectivity index (χ4n) is 1.70. The van der Waals surface area contributed by atoms with Crippen LogP contribution in [0.15, 0.2) is 24.0 Å². The van der Waals surface area contributed by atoms with Crippen molar-refractivity contribution in [2.24, 2.45) is 0 Å². The van der Waals surface area contributed by atoms with Crippen molar-refractivity contribution in [2.45, 2.75) is 19.9 Å². The Morgan fingerprint density at radius 2 is 2.33 bits per heavy atom. The van der Waals surface area contributed by atoms with E-state index < -0.39 is 0 Å². The predicted molar refractivity (Wildman–Crippen MR) is 73.1 cm³/mol. The van der Waals surface area contributed by atoms with Crippen molar-refractivity contribution in [3.05, 3.63) is 40.1 Å². The first-order chi connectivity index (χ1) is 8.81. The summed E-state index contributed by atoms with van der Waals surface area (Å²) < 4.78 is 5.79. The second kappa shape index (κ2) is 6.47. The molecule has 18 heavy (non-hydrogen) atoms. The van der Waals surface area contributed by atoms with Crippen LogP contribution >= 0.6 is 11.3 Å². The molecule has 0 amide bonds. The van der Waals surface area contributed by atoms with Crippen LogP contribution in [0.25, 0.3) is 0 Å². The molecule has 2 rings (SSSR count). The lowest BCUT2D eigenvalue weighted by Gasteiger charge is -2.10. The molecule has 0 saturated heterocycles. The summed E-state index contributed by atoms with van der Waals surface area (Å²) in [7, 11) is 1.92. The third-order valence-corrected chi connectivity index (χ3v) is 3.66. The Bertz CT molecular complexity index is 498. The average Bonchev–Trinajstić information content (AvgIpc) is 2.78. The summed E-state index contributed by atoms with van der Waals surface area (Å²) in [5, 5.41) is 3.12. The summed E-state index contributed by atoms with van der Waals surface area (Å²) >= 11 is 1.68. The first kappa shape index (κ1) is 13.0. The quantitative estimate of drug-likeness (QED) is 0.868. The van der Waals surface area contributed by atoms with Gasteiger partial charge in [0.1, 0.15) is 5.75 Å². The van der Waals surface area contributed by atoms with Crippen LogP contribution in [0.4, 0.5) is 0 Å². The zero-order valence-corrected chi connectivity index (χ0v) is 11.5. The van der Waals surface area contributed by atoms with Gasteiger partial charge in [0.25, 0.3) is 0 Å². The number of pyridine rings is 1. The van der Waals surface area contributed by atoms with Crippen LogP contribution in [-0.4, -0.2) is 23.6 Å². The van der Waals surface area contributed by atoms with Crippen LogP contribution in [-0.2, 0) is 13.0 Å². The zero-order valence-electron chi connectivity index (χ0n) is 10.6. The molecule has 0 aliphatic heterocycles. The highest BCUT2D eigenvalue weighted by molar-refractivity contribution is 7.09. The summed E-state index contributed by atoms with van der Waals surface area (Å²) in [6.45, 7) is 3.48. The molecule has 0 aliphatic rings. The molecule has 0 aliphatic carbocycles. The largest absolute Gasteiger partial charge is 0.491 e. The lowest BCUT2D eigenvalue weighted by Crippen LogP contribution is -2.09. The smallest absolute Gasteiger partial charge is 0.142 e. The van der Waals surface area contributed by atoms with E-state index in [2.05, 4.69) is 15.3 Å². The zero-order chi connectivity index (χ0) is 12.8. The highest BCUT2D eigenvalue weighted by Crippen LogP contribution is 2.18. The molecule has 2 aromatic heterocycles. The van der Waals surface area contributed by atoms with Gasteiger partial charge < -0.3 is 10.1 Å². The van der Waals surface area contributed by atoms with Gasteiger partial charge in [-0.1, -0.05) is 0 Å². The monoisotopic (exact) mass is 263 g/mol. The Kier molecular flexibility index (Phi) is 4.66. The maximum atomic E-state index is 5.79. The first-order valence-corrected chi connectivity index (χ1v) is 6.78. The van der Waals surface area contributed by atoms with Crippen molar-refractivity contribution in [3.8, 4) is 5.75 Å². The maximum Gasteiger partial charge on any atom is 0.142 e. The van der Waals surface area contributed by atoms with Crippen molar-refractivity contribution in [3.63, 3.8) is 0 Å². The molecule has 0 fully saturated rings. The van der Waals surface area contributed by atoms with Crippen molar-refractivity contribution in [1.82, 2.24) is 15.3 Å². The van der Waals surface area contributed by atoms with E-state index in [4.69, 9.17) is 4.74 Å². The Labute approximate surface area is 111 Å². The molecule has 0 unspecified atom stereocenters. The third kappa shape index (κ3) is 3.27. The van der Waals surface area contributed by atoms with Crippen LogP contribution in [0, 0.1) is 6.92 Å². The second-order valence-electron chi connectivity index (χ2n) is 3.97. The maximum absolute atomic E-state index is 5.79. The van der Waals surface area contributed by atoms with E-state index in [1.54, 1.807) is 23.7 Å². The van der Waals surface area contributed by atoms with Crippen LogP contribution in [0.5, 0.6) is 5.75 Å². The fourth-order valence-corrected chi connectivity index (χ4v) is 2.46. The summed E-state index contributed by atoms with van der Waals surface area (Å²) in [4.78, 5) is 9.61. The van der Waals surface area contributed by atoms with Gasteiger partial charge in [0.05, 0.1) is 24.0 Å². The number of rotatable bonds is 6. The number of hydrogen-bond acceptors (Lipinski definition) is 5. The van der Waals surface area contributed by atoms with Gasteiger partial charge in [-0.3, -0.25) is 4.98 Å². The molecular weight excluding hydrogens is 246 g/mol. The van der Waals surface area contributed by atoms with Crippen LogP contribution in [0.1, 0.15) is 16.1 Å². The van der Waals surface area contributed by atoms with Crippen molar-refractivity contribution < 1.29 is 4.74 Å². The van der Waals surface area contributed by atoms with Gasteiger partial charge in [-0.15, -0.1) is 11.3 Å². The minimum atomic E-state index is 0.658. The Hall–Kier alpha value is -1.46. The molecule has 0 saturated carbocycles. The molecule has 0 aromatic carbocycles. The van der Waals surface area contributed by atoms with Gasteiger partial charge in [0, 0.05) is 29.6 Å². The van der Waals surface area contributed by atoms with Crippen LogP contribution < -0.4 is 10.1 Å². The summed E-state index contributed by atoms with van der Waals surface area (Å²) in [5.74, 6) is 0.856. The molecule has 96 valence electrons. The molecule has 0 bridgehead atoms. The predicted octanol–water partition coefficient (Wildman–Crippen LogP) is 2.19. The first-order valence-electron chi connectivity index (χ1n) is 5.90. The molecule has 4 nitrogen and oxygen atoms in total. The highest BCUT2D eigenvalue weighted by atomic mass is 32.1. The van der Waals surface area contributed by atoms with E-state index in [1.807, 2.05) is 25.5 Å². The summed E-state index contributed by atoms with van der Waals surface area (Å²) in [6, 6.07) is 1.98. The average molecular weight is 263 g/mol. The second-order valence-corrected chi connectivity index (χ2v) is 4.91. The Balaban J connectivity index is 1.92. The number of aromatic nitrogens is 2. The van der Waals surface area contributed by atoms with Gasteiger partial charge in [-0.25, -0.2) is 4.98 Å². The van der Waals surface area contributed by atoms with Gasteiger partial charge in [-0.2, -0.15) is 0 Å². The lowest BCUT2D eigenvalue weighted by molar-refractivity contribution is 0.317. The van der Waals surface area contributed by atoms with E-state index in [9.17, 15) is 0 Å². The number of nitrogens with one attached hydrogen (secondary N) is 1. The van der Waals surface area contributed by atoms with Gasteiger partial charge in [-0.05, 0) is 20.0 Å². The lowest BCUT2D eigenvalue weighted by atomic mass is 10.2. The fraction of sp³-hybridized carbons (Fsp3) is 0.385. The van der Waals surface area contributed by atoms with E-state index in [0.29, 0.717) is 6.61 Å². The number of hydrogen-bond donors (Lipinski definition) is 1. The topological polar surface area (TPSA) is 47.0 Å². The molecule has 1 N–H and O–H groups in total. The van der Waals surface area contributed by atoms with Crippen LogP contribution in [0.2, 0.25) is 0 Å². The molecule has 0 radical (unpaired) electrons. The number of thiazole rings is 1. The Morgan fingerprint density at radius 1 is 1.44 bits per heavy atom. The van der Waals surface area contributed by atoms with Crippen molar-refractivity contribution in [2.75, 3.05) is 13.7 Å². The van der Waals surface area contributed by atoms with Crippen molar-refractivity contribution in [1.29, 1.82) is 0 Å². The summed E-state index contributed by atoms with van der Waals surface area (Å²) in [5.41, 5.74) is 4.11. The molecule has 2 aromatic rings. The van der Waals surface area contributed by atoms with Gasteiger partial charge in [0.2, 0.25) is 0 Å². The summed E-state index contributed by atoms with van der Waals surface area (Å²) in [6.07, 6.45) is 4.45. The molecule has 0 spiro atoms. The minimum Gasteiger partial charge on any atom is -0.491 e.